The molecule has 0 saturated heterocycles. The number of amides is 1. The lowest BCUT2D eigenvalue weighted by atomic mass is 10.1. The van der Waals surface area contributed by atoms with Crippen LogP contribution in [0.4, 0.5) is 5.82 Å². The number of nitrogens with one attached hydrogen (secondary N) is 1. The molecule has 1 heterocycles. The van der Waals surface area contributed by atoms with Crippen LogP contribution >= 0.6 is 0 Å². The van der Waals surface area contributed by atoms with Gasteiger partial charge in [-0.2, -0.15) is 0 Å². The van der Waals surface area contributed by atoms with Gasteiger partial charge in [-0.05, 0) is 22.3 Å². The van der Waals surface area contributed by atoms with Crippen molar-refractivity contribution in [3.8, 4) is 11.3 Å². The first-order chi connectivity index (χ1) is 10.8. The minimum atomic E-state index is -0.114. The van der Waals surface area contributed by atoms with Crippen molar-refractivity contribution in [3.63, 3.8) is 0 Å². The van der Waals surface area contributed by atoms with Gasteiger partial charge < -0.3 is 5.32 Å². The fourth-order valence-corrected chi connectivity index (χ4v) is 2.15. The van der Waals surface area contributed by atoms with Gasteiger partial charge in [-0.1, -0.05) is 60.7 Å². The van der Waals surface area contributed by atoms with E-state index in [-0.39, 0.29) is 5.91 Å². The number of aromatic nitrogens is 2. The molecule has 1 N–H and O–H groups in total. The van der Waals surface area contributed by atoms with E-state index in [4.69, 9.17) is 4.63 Å². The molecule has 110 valence electrons. The fraction of sp³-hybridized carbons (Fsp3) is 0.118. The first-order valence-corrected chi connectivity index (χ1v) is 7.04. The third-order valence-corrected chi connectivity index (χ3v) is 3.28. The molecule has 2 aromatic carbocycles. The summed E-state index contributed by atoms with van der Waals surface area (Å²) < 4.78 is 4.75. The zero-order valence-electron chi connectivity index (χ0n) is 11.9. The highest BCUT2D eigenvalue weighted by Gasteiger charge is 2.14. The Labute approximate surface area is 127 Å². The summed E-state index contributed by atoms with van der Waals surface area (Å²) in [6.45, 7) is 0. The smallest absolute Gasteiger partial charge is 0.226 e. The molecule has 3 rings (SSSR count). The summed E-state index contributed by atoms with van der Waals surface area (Å²) in [5.74, 6) is 0.237. The maximum Gasteiger partial charge on any atom is 0.226 e. The molecular formula is C17H15N3O2. The van der Waals surface area contributed by atoms with Crippen LogP contribution < -0.4 is 5.32 Å². The van der Waals surface area contributed by atoms with Crippen molar-refractivity contribution in [2.75, 3.05) is 5.32 Å². The minimum absolute atomic E-state index is 0.114. The number of carbonyl (C=O) groups excluding carboxylic acids is 1. The van der Waals surface area contributed by atoms with E-state index < -0.39 is 0 Å². The molecule has 0 saturated carbocycles. The lowest BCUT2D eigenvalue weighted by Crippen LogP contribution is -2.13. The summed E-state index contributed by atoms with van der Waals surface area (Å²) in [5.41, 5.74) is 2.51. The van der Waals surface area contributed by atoms with Gasteiger partial charge in [0.2, 0.25) is 11.7 Å². The van der Waals surface area contributed by atoms with Crippen molar-refractivity contribution >= 4 is 11.7 Å². The predicted molar refractivity (Wildman–Crippen MR) is 83.1 cm³/mol. The lowest BCUT2D eigenvalue weighted by Gasteiger charge is -2.03. The number of benzene rings is 2. The molecule has 3 aromatic rings. The van der Waals surface area contributed by atoms with Crippen LogP contribution in [0.15, 0.2) is 65.3 Å². The minimum Gasteiger partial charge on any atom is -0.306 e. The van der Waals surface area contributed by atoms with E-state index in [1.165, 1.54) is 0 Å². The van der Waals surface area contributed by atoms with Gasteiger partial charge >= 0.3 is 0 Å². The Morgan fingerprint density at radius 1 is 0.955 bits per heavy atom. The highest BCUT2D eigenvalue weighted by molar-refractivity contribution is 5.93. The van der Waals surface area contributed by atoms with Crippen LogP contribution in [0, 0.1) is 0 Å². The summed E-state index contributed by atoms with van der Waals surface area (Å²) in [7, 11) is 0. The zero-order chi connectivity index (χ0) is 15.2. The van der Waals surface area contributed by atoms with Crippen molar-refractivity contribution in [3.05, 3.63) is 66.2 Å². The van der Waals surface area contributed by atoms with Crippen molar-refractivity contribution in [2.45, 2.75) is 12.8 Å². The molecule has 1 amide bonds. The van der Waals surface area contributed by atoms with Gasteiger partial charge in [0.05, 0.1) is 0 Å². The number of nitrogens with zero attached hydrogens (tertiary/aromatic N) is 2. The highest BCUT2D eigenvalue weighted by Crippen LogP contribution is 2.23. The third-order valence-electron chi connectivity index (χ3n) is 3.28. The number of hydrogen-bond donors (Lipinski definition) is 1. The molecule has 5 heteroatoms. The van der Waals surface area contributed by atoms with Crippen molar-refractivity contribution in [1.82, 2.24) is 10.3 Å². The van der Waals surface area contributed by atoms with Gasteiger partial charge in [0.25, 0.3) is 0 Å². The first kappa shape index (κ1) is 14.0. The Morgan fingerprint density at radius 2 is 1.64 bits per heavy atom. The van der Waals surface area contributed by atoms with Gasteiger partial charge in [-0.3, -0.25) is 4.79 Å². The van der Waals surface area contributed by atoms with E-state index in [0.29, 0.717) is 24.4 Å². The Balaban J connectivity index is 1.64. The van der Waals surface area contributed by atoms with Gasteiger partial charge in [0.1, 0.15) is 0 Å². The average Bonchev–Trinajstić information content (AvgIpc) is 3.03. The fourth-order valence-electron chi connectivity index (χ4n) is 2.15. The molecule has 0 aliphatic heterocycles. The average molecular weight is 293 g/mol. The quantitative estimate of drug-likeness (QED) is 0.783. The summed E-state index contributed by atoms with van der Waals surface area (Å²) in [4.78, 5) is 12.0. The van der Waals surface area contributed by atoms with Crippen molar-refractivity contribution in [1.29, 1.82) is 0 Å². The number of hydrogen-bond acceptors (Lipinski definition) is 4. The van der Waals surface area contributed by atoms with E-state index >= 15 is 0 Å². The van der Waals surface area contributed by atoms with Gasteiger partial charge in [0, 0.05) is 12.0 Å². The second-order valence-corrected chi connectivity index (χ2v) is 4.86. The summed E-state index contributed by atoms with van der Waals surface area (Å²) >= 11 is 0. The second-order valence-electron chi connectivity index (χ2n) is 4.86. The van der Waals surface area contributed by atoms with Crippen molar-refractivity contribution in [2.24, 2.45) is 0 Å². The highest BCUT2D eigenvalue weighted by atomic mass is 16.6. The van der Waals surface area contributed by atoms with Crippen LogP contribution in [0.5, 0.6) is 0 Å². The molecule has 0 spiro atoms. The monoisotopic (exact) mass is 293 g/mol. The number of rotatable bonds is 5. The molecule has 0 unspecified atom stereocenters. The Morgan fingerprint density at radius 3 is 2.36 bits per heavy atom. The van der Waals surface area contributed by atoms with Crippen LogP contribution in [0.25, 0.3) is 11.3 Å². The van der Waals surface area contributed by atoms with E-state index in [0.717, 1.165) is 11.1 Å². The SMILES string of the molecule is O=C(CCc1ccccc1)Nc1nonc1-c1ccccc1. The normalized spacial score (nSPS) is 10.4. The molecule has 0 atom stereocenters. The van der Waals surface area contributed by atoms with Crippen LogP contribution in [0.3, 0.4) is 0 Å². The molecule has 0 fully saturated rings. The lowest BCUT2D eigenvalue weighted by molar-refractivity contribution is -0.116. The molecular weight excluding hydrogens is 278 g/mol. The first-order valence-electron chi connectivity index (χ1n) is 7.04. The van der Waals surface area contributed by atoms with E-state index in [1.807, 2.05) is 60.7 Å². The van der Waals surface area contributed by atoms with Gasteiger partial charge in [-0.15, -0.1) is 0 Å². The van der Waals surface area contributed by atoms with E-state index in [2.05, 4.69) is 15.6 Å². The molecule has 5 nitrogen and oxygen atoms in total. The van der Waals surface area contributed by atoms with Crippen LogP contribution in [0.2, 0.25) is 0 Å². The largest absolute Gasteiger partial charge is 0.306 e. The maximum atomic E-state index is 12.0. The number of carbonyl (C=O) groups is 1. The Bertz CT molecular complexity index is 739. The molecule has 0 aliphatic rings. The standard InChI is InChI=1S/C17H15N3O2/c21-15(12-11-13-7-3-1-4-8-13)18-17-16(19-22-20-17)14-9-5-2-6-10-14/h1-10H,11-12H2,(H,18,20,21). The maximum absolute atomic E-state index is 12.0. The topological polar surface area (TPSA) is 68.0 Å². The zero-order valence-corrected chi connectivity index (χ0v) is 11.9. The molecule has 1 aromatic heterocycles. The van der Waals surface area contributed by atoms with E-state index in [9.17, 15) is 4.79 Å². The number of anilines is 1. The molecule has 22 heavy (non-hydrogen) atoms. The number of aryl methyl sites for hydroxylation is 1. The molecule has 0 bridgehead atoms. The van der Waals surface area contributed by atoms with Crippen LogP contribution in [-0.2, 0) is 11.2 Å². The molecule has 0 radical (unpaired) electrons. The van der Waals surface area contributed by atoms with Gasteiger partial charge in [-0.25, -0.2) is 4.63 Å². The predicted octanol–water partition coefficient (Wildman–Crippen LogP) is 3.31. The van der Waals surface area contributed by atoms with Gasteiger partial charge in [0.15, 0.2) is 5.69 Å². The van der Waals surface area contributed by atoms with Crippen LogP contribution in [0.1, 0.15) is 12.0 Å². The Kier molecular flexibility index (Phi) is 4.25. The summed E-state index contributed by atoms with van der Waals surface area (Å²) in [6.07, 6.45) is 1.06. The molecule has 0 aliphatic carbocycles. The van der Waals surface area contributed by atoms with Crippen LogP contribution in [-0.4, -0.2) is 16.2 Å². The van der Waals surface area contributed by atoms with Crippen molar-refractivity contribution < 1.29 is 9.42 Å². The Hall–Kier alpha value is -2.95. The summed E-state index contributed by atoms with van der Waals surface area (Å²) in [6, 6.07) is 19.4. The summed E-state index contributed by atoms with van der Waals surface area (Å²) in [5, 5.41) is 10.4. The second kappa shape index (κ2) is 6.67. The third kappa shape index (κ3) is 3.38. The van der Waals surface area contributed by atoms with E-state index in [1.54, 1.807) is 0 Å².